The summed E-state index contributed by atoms with van der Waals surface area (Å²) in [6.45, 7) is 0. The van der Waals surface area contributed by atoms with Gasteiger partial charge in [-0.3, -0.25) is 4.98 Å². The van der Waals surface area contributed by atoms with Crippen LogP contribution in [0.2, 0.25) is 0 Å². The Morgan fingerprint density at radius 1 is 0.400 bits per heavy atom. The van der Waals surface area contributed by atoms with E-state index in [-0.39, 0.29) is 29.7 Å². The maximum atomic E-state index is 8.72. The molecular weight excluding hydrogens is 607 g/mol. The third kappa shape index (κ3) is 4.48. The first-order chi connectivity index (χ1) is 26.9. The van der Waals surface area contributed by atoms with Crippen molar-refractivity contribution in [2.45, 2.75) is 0 Å². The topological polar surface area (TPSA) is 38.7 Å². The van der Waals surface area contributed by atoms with Gasteiger partial charge in [-0.15, -0.1) is 0 Å². The maximum Gasteiger partial charge on any atom is 0.160 e. The van der Waals surface area contributed by atoms with Crippen molar-refractivity contribution in [1.82, 2.24) is 15.0 Å². The van der Waals surface area contributed by atoms with E-state index in [1.54, 1.807) is 18.5 Å². The van der Waals surface area contributed by atoms with Gasteiger partial charge in [-0.1, -0.05) is 133 Å². The summed E-state index contributed by atoms with van der Waals surface area (Å²) in [5.74, 6) is 0.521. The van der Waals surface area contributed by atoms with Crippen LogP contribution in [-0.4, -0.2) is 15.0 Å². The summed E-state index contributed by atoms with van der Waals surface area (Å²) in [4.78, 5) is 14.5. The molecule has 0 radical (unpaired) electrons. The van der Waals surface area contributed by atoms with Gasteiger partial charge in [0.25, 0.3) is 0 Å². The molecule has 0 spiro atoms. The number of aromatic nitrogens is 3. The van der Waals surface area contributed by atoms with Gasteiger partial charge in [-0.2, -0.15) is 0 Å². The molecule has 3 nitrogen and oxygen atoms in total. The van der Waals surface area contributed by atoms with Crippen molar-refractivity contribution in [3.05, 3.63) is 176 Å². The van der Waals surface area contributed by atoms with Crippen LogP contribution in [0.25, 0.3) is 98.8 Å². The summed E-state index contributed by atoms with van der Waals surface area (Å²) >= 11 is 0. The van der Waals surface area contributed by atoms with E-state index in [4.69, 9.17) is 11.8 Å². The zero-order valence-electron chi connectivity index (χ0n) is 31.7. The van der Waals surface area contributed by atoms with Crippen molar-refractivity contribution in [3.8, 4) is 44.9 Å². The van der Waals surface area contributed by atoms with E-state index >= 15 is 0 Å². The van der Waals surface area contributed by atoms with E-state index in [1.807, 2.05) is 42.6 Å². The van der Waals surface area contributed by atoms with Crippen molar-refractivity contribution < 1.29 is 6.85 Å². The SMILES string of the molecule is [2H]c1c([2H])c([2H])c(-c2ccc3c(-c4ccc(-c5cc6c7ccccc7ccc6c6ccccc56)cn4)c4ccccc4c(-c4ncccn4)c3c2)c([2H])c1[2H]. The second-order valence-corrected chi connectivity index (χ2v) is 12.4. The summed E-state index contributed by atoms with van der Waals surface area (Å²) in [5.41, 5.74) is 5.22. The normalized spacial score (nSPS) is 13.0. The van der Waals surface area contributed by atoms with Gasteiger partial charge in [0, 0.05) is 35.3 Å². The Morgan fingerprint density at radius 2 is 1.04 bits per heavy atom. The van der Waals surface area contributed by atoms with Crippen molar-refractivity contribution in [3.63, 3.8) is 0 Å². The highest BCUT2D eigenvalue weighted by Crippen LogP contribution is 2.44. The molecule has 0 aliphatic rings. The van der Waals surface area contributed by atoms with Gasteiger partial charge < -0.3 is 0 Å². The summed E-state index contributed by atoms with van der Waals surface area (Å²) < 4.78 is 42.3. The number of rotatable bonds is 4. The fourth-order valence-electron chi connectivity index (χ4n) is 7.47. The van der Waals surface area contributed by atoms with Crippen LogP contribution in [-0.2, 0) is 0 Å². The molecule has 2 aromatic heterocycles. The third-order valence-corrected chi connectivity index (χ3v) is 9.70. The van der Waals surface area contributed by atoms with Crippen molar-refractivity contribution >= 4 is 53.9 Å². The Kier molecular flexibility index (Phi) is 5.41. The van der Waals surface area contributed by atoms with Gasteiger partial charge >= 0.3 is 0 Å². The summed E-state index contributed by atoms with van der Waals surface area (Å²) in [7, 11) is 0. The molecule has 10 rings (SSSR count). The molecule has 232 valence electrons. The van der Waals surface area contributed by atoms with Crippen molar-refractivity contribution in [2.75, 3.05) is 0 Å². The Morgan fingerprint density at radius 3 is 1.82 bits per heavy atom. The quantitative estimate of drug-likeness (QED) is 0.142. The Hall–Kier alpha value is -6.71. The highest BCUT2D eigenvalue weighted by atomic mass is 14.9. The fraction of sp³-hybridized carbons (Fsp3) is 0. The second-order valence-electron chi connectivity index (χ2n) is 12.4. The number of hydrogen-bond acceptors (Lipinski definition) is 3. The summed E-state index contributed by atoms with van der Waals surface area (Å²) in [5, 5.41) is 10.7. The molecule has 10 aromatic rings. The molecule has 0 saturated heterocycles. The van der Waals surface area contributed by atoms with Crippen LogP contribution in [0.5, 0.6) is 0 Å². The number of hydrogen-bond donors (Lipinski definition) is 0. The van der Waals surface area contributed by atoms with E-state index in [2.05, 4.69) is 94.9 Å². The van der Waals surface area contributed by atoms with Crippen molar-refractivity contribution in [2.24, 2.45) is 0 Å². The molecule has 0 amide bonds. The number of pyridine rings is 1. The van der Waals surface area contributed by atoms with Gasteiger partial charge in [0.05, 0.1) is 12.5 Å². The zero-order valence-corrected chi connectivity index (χ0v) is 26.7. The Balaban J connectivity index is 1.22. The van der Waals surface area contributed by atoms with Crippen LogP contribution in [0.15, 0.2) is 176 Å². The van der Waals surface area contributed by atoms with Crippen LogP contribution in [0, 0.1) is 0 Å². The highest BCUT2D eigenvalue weighted by molar-refractivity contribution is 6.22. The lowest BCUT2D eigenvalue weighted by Crippen LogP contribution is -1.95. The van der Waals surface area contributed by atoms with Gasteiger partial charge in [-0.05, 0) is 94.8 Å². The predicted octanol–water partition coefficient (Wildman–Crippen LogP) is 12.3. The van der Waals surface area contributed by atoms with Crippen LogP contribution in [0.1, 0.15) is 6.85 Å². The number of benzene rings is 8. The fourth-order valence-corrected chi connectivity index (χ4v) is 7.47. The minimum absolute atomic E-state index is 0.139. The maximum absolute atomic E-state index is 8.72. The van der Waals surface area contributed by atoms with E-state index in [1.165, 1.54) is 26.9 Å². The number of fused-ring (bicyclic) bond motifs is 7. The monoisotopic (exact) mass is 640 g/mol. The molecule has 50 heavy (non-hydrogen) atoms. The minimum Gasteiger partial charge on any atom is -0.256 e. The van der Waals surface area contributed by atoms with Gasteiger partial charge in [-0.25, -0.2) is 9.97 Å². The smallest absolute Gasteiger partial charge is 0.160 e. The molecule has 0 bridgehead atoms. The molecular formula is C47H29N3. The van der Waals surface area contributed by atoms with Crippen LogP contribution in [0.3, 0.4) is 0 Å². The summed E-state index contributed by atoms with van der Waals surface area (Å²) in [6.07, 6.45) is 5.36. The average molecular weight is 641 g/mol. The first-order valence-corrected chi connectivity index (χ1v) is 16.5. The molecule has 0 N–H and O–H groups in total. The van der Waals surface area contributed by atoms with Gasteiger partial charge in [0.1, 0.15) is 0 Å². The Labute approximate surface area is 296 Å². The molecule has 0 unspecified atom stereocenters. The first kappa shape index (κ1) is 23.6. The molecule has 8 aromatic carbocycles. The van der Waals surface area contributed by atoms with E-state index in [9.17, 15) is 0 Å². The molecule has 0 aliphatic heterocycles. The largest absolute Gasteiger partial charge is 0.256 e. The first-order valence-electron chi connectivity index (χ1n) is 19.0. The Bertz CT molecular complexity index is 3170. The van der Waals surface area contributed by atoms with Crippen LogP contribution in [0.4, 0.5) is 0 Å². The predicted molar refractivity (Wildman–Crippen MR) is 209 cm³/mol. The lowest BCUT2D eigenvalue weighted by atomic mass is 9.87. The lowest BCUT2D eigenvalue weighted by Gasteiger charge is -2.18. The standard InChI is InChI=1S/C47H29N3/c1-2-11-30(12-3-1)32-20-23-40-43(27-32)46(47-48-25-10-26-49-47)39-18-9-8-17-38(39)45(40)44-24-21-33(29-50-44)41-28-42-34-14-5-4-13-31(34)19-22-37(42)35-15-6-7-16-36(35)41/h1-29H/i1D,2D,3D,11D,12D. The molecule has 0 fully saturated rings. The lowest BCUT2D eigenvalue weighted by molar-refractivity contribution is 1.18. The molecule has 2 heterocycles. The van der Waals surface area contributed by atoms with E-state index in [0.717, 1.165) is 54.9 Å². The average Bonchev–Trinajstić information content (AvgIpc) is 3.24. The number of nitrogens with zero attached hydrogens (tertiary/aromatic N) is 3. The zero-order chi connectivity index (χ0) is 37.4. The molecule has 0 saturated carbocycles. The van der Waals surface area contributed by atoms with Crippen LogP contribution < -0.4 is 0 Å². The van der Waals surface area contributed by atoms with Crippen LogP contribution >= 0.6 is 0 Å². The molecule has 0 aliphatic carbocycles. The molecule has 3 heteroatoms. The van der Waals surface area contributed by atoms with Crippen molar-refractivity contribution in [1.29, 1.82) is 0 Å². The van der Waals surface area contributed by atoms with Gasteiger partial charge in [0.15, 0.2) is 5.82 Å². The summed E-state index contributed by atoms with van der Waals surface area (Å²) in [6, 6.07) is 41.8. The van der Waals surface area contributed by atoms with E-state index in [0.29, 0.717) is 11.4 Å². The minimum atomic E-state index is -0.425. The molecule has 0 atom stereocenters. The highest BCUT2D eigenvalue weighted by Gasteiger charge is 2.20. The second kappa shape index (κ2) is 11.5. The van der Waals surface area contributed by atoms with E-state index < -0.39 is 6.04 Å². The van der Waals surface area contributed by atoms with Gasteiger partial charge in [0.2, 0.25) is 0 Å². The third-order valence-electron chi connectivity index (χ3n) is 9.70.